The van der Waals surface area contributed by atoms with Crippen LogP contribution in [0.2, 0.25) is 0 Å². The Hall–Kier alpha value is -3.62. The lowest BCUT2D eigenvalue weighted by Crippen LogP contribution is -1.97. The van der Waals surface area contributed by atoms with Gasteiger partial charge in [-0.3, -0.25) is 9.97 Å². The van der Waals surface area contributed by atoms with E-state index in [4.69, 9.17) is 9.97 Å². The van der Waals surface area contributed by atoms with Crippen molar-refractivity contribution in [2.75, 3.05) is 11.5 Å². The van der Waals surface area contributed by atoms with E-state index in [-0.39, 0.29) is 0 Å². The molecule has 5 aromatic rings. The van der Waals surface area contributed by atoms with Crippen molar-refractivity contribution in [3.8, 4) is 45.6 Å². The maximum atomic E-state index is 4.94. The number of thioether (sulfide) groups is 2. The Bertz CT molecular complexity index is 1390. The van der Waals surface area contributed by atoms with Crippen molar-refractivity contribution in [2.45, 2.75) is 36.5 Å². The van der Waals surface area contributed by atoms with Gasteiger partial charge in [0, 0.05) is 22.2 Å². The number of nitrogens with zero attached hydrogens (tertiary/aromatic N) is 6. The molecule has 38 heavy (non-hydrogen) atoms. The minimum absolute atomic E-state index is 0.749. The molecule has 0 fully saturated rings. The Morgan fingerprint density at radius 2 is 0.947 bits per heavy atom. The smallest absolute Gasteiger partial charge is 0.116 e. The van der Waals surface area contributed by atoms with Crippen LogP contribution in [0.25, 0.3) is 45.6 Å². The number of aromatic nitrogens is 6. The minimum atomic E-state index is 0.749. The van der Waals surface area contributed by atoms with Gasteiger partial charge in [-0.2, -0.15) is 0 Å². The summed E-state index contributed by atoms with van der Waals surface area (Å²) in [5.74, 6) is 2.06. The van der Waals surface area contributed by atoms with E-state index in [1.165, 1.54) is 0 Å². The van der Waals surface area contributed by atoms with Gasteiger partial charge in [0.2, 0.25) is 0 Å². The summed E-state index contributed by atoms with van der Waals surface area (Å²) in [5.41, 5.74) is 6.41. The number of pyridine rings is 4. The van der Waals surface area contributed by atoms with Crippen molar-refractivity contribution in [3.05, 3.63) is 85.5 Å². The molecule has 0 aliphatic carbocycles. The van der Waals surface area contributed by atoms with Gasteiger partial charge in [0.15, 0.2) is 0 Å². The molecule has 0 aliphatic heterocycles. The van der Waals surface area contributed by atoms with Crippen LogP contribution in [0.15, 0.2) is 95.2 Å². The lowest BCUT2D eigenvalue weighted by Gasteiger charge is -2.11. The monoisotopic (exact) mass is 536 g/mol. The van der Waals surface area contributed by atoms with Crippen LogP contribution in [0.4, 0.5) is 0 Å². The third kappa shape index (κ3) is 6.44. The van der Waals surface area contributed by atoms with Crippen molar-refractivity contribution in [1.29, 1.82) is 0 Å². The Morgan fingerprint density at radius 3 is 1.34 bits per heavy atom. The molecular weight excluding hydrogens is 509 g/mol. The van der Waals surface area contributed by atoms with E-state index in [1.54, 1.807) is 18.7 Å². The predicted octanol–water partition coefficient (Wildman–Crippen LogP) is 7.73. The Kier molecular flexibility index (Phi) is 8.73. The number of hydrogen-bond acceptors (Lipinski definition) is 8. The van der Waals surface area contributed by atoms with Crippen LogP contribution in [0, 0.1) is 0 Å². The Labute approximate surface area is 231 Å². The maximum absolute atomic E-state index is 4.94. The molecule has 0 amide bonds. The van der Waals surface area contributed by atoms with Crippen molar-refractivity contribution < 1.29 is 0 Å². The molecular formula is C30H28N6S2. The van der Waals surface area contributed by atoms with Crippen LogP contribution < -0.4 is 0 Å². The SMILES string of the molecule is CCCSc1cc(-c2ccccn2)nc(-c2cc(-c3cc(SCCC)cc(-c4ccccn4)n3)ncn2)c1. The standard InChI is InChI=1S/C30H28N6S2/c1-3-13-37-21-15-27(23-9-5-7-11-31-23)35-29(17-21)25-19-26(34-20-33-25)30-18-22(38-14-4-2)16-28(36-30)24-10-6-8-12-32-24/h5-12,15-20H,3-4,13-14H2,1-2H3. The first-order chi connectivity index (χ1) is 18.7. The first-order valence-corrected chi connectivity index (χ1v) is 14.7. The molecule has 0 unspecified atom stereocenters. The van der Waals surface area contributed by atoms with E-state index in [2.05, 4.69) is 58.0 Å². The van der Waals surface area contributed by atoms with E-state index >= 15 is 0 Å². The lowest BCUT2D eigenvalue weighted by molar-refractivity contribution is 1.10. The third-order valence-electron chi connectivity index (χ3n) is 5.59. The normalized spacial score (nSPS) is 11.0. The zero-order chi connectivity index (χ0) is 26.2. The summed E-state index contributed by atoms with van der Waals surface area (Å²) < 4.78 is 0. The molecule has 0 radical (unpaired) electrons. The molecule has 0 spiro atoms. The summed E-state index contributed by atoms with van der Waals surface area (Å²) in [4.78, 5) is 30.4. The van der Waals surface area contributed by atoms with Crippen molar-refractivity contribution >= 4 is 23.5 Å². The highest BCUT2D eigenvalue weighted by Crippen LogP contribution is 2.32. The molecule has 8 heteroatoms. The fraction of sp³-hybridized carbons (Fsp3) is 0.200. The van der Waals surface area contributed by atoms with Gasteiger partial charge in [-0.1, -0.05) is 26.0 Å². The van der Waals surface area contributed by atoms with Crippen molar-refractivity contribution in [3.63, 3.8) is 0 Å². The minimum Gasteiger partial charge on any atom is -0.255 e. The predicted molar refractivity (Wildman–Crippen MR) is 157 cm³/mol. The lowest BCUT2D eigenvalue weighted by atomic mass is 10.1. The van der Waals surface area contributed by atoms with Gasteiger partial charge < -0.3 is 0 Å². The highest BCUT2D eigenvalue weighted by atomic mass is 32.2. The van der Waals surface area contributed by atoms with Crippen LogP contribution in [0.3, 0.4) is 0 Å². The molecule has 0 bridgehead atoms. The molecule has 0 aliphatic rings. The first kappa shape index (κ1) is 26.0. The molecule has 0 aromatic carbocycles. The number of hydrogen-bond donors (Lipinski definition) is 0. The highest BCUT2D eigenvalue weighted by molar-refractivity contribution is 7.99. The van der Waals surface area contributed by atoms with Gasteiger partial charge in [0.05, 0.1) is 45.6 Å². The molecule has 0 saturated carbocycles. The second-order valence-electron chi connectivity index (χ2n) is 8.56. The summed E-state index contributed by atoms with van der Waals surface area (Å²) in [5, 5.41) is 0. The van der Waals surface area contributed by atoms with E-state index in [1.807, 2.05) is 66.0 Å². The third-order valence-corrected chi connectivity index (χ3v) is 7.95. The second-order valence-corrected chi connectivity index (χ2v) is 10.9. The quantitative estimate of drug-likeness (QED) is 0.168. The van der Waals surface area contributed by atoms with E-state index in [9.17, 15) is 0 Å². The van der Waals surface area contributed by atoms with Crippen LogP contribution in [0.5, 0.6) is 0 Å². The molecule has 5 heterocycles. The average molecular weight is 537 g/mol. The van der Waals surface area contributed by atoms with E-state index in [0.29, 0.717) is 0 Å². The zero-order valence-corrected chi connectivity index (χ0v) is 23.0. The molecule has 6 nitrogen and oxygen atoms in total. The largest absolute Gasteiger partial charge is 0.255 e. The highest BCUT2D eigenvalue weighted by Gasteiger charge is 2.14. The van der Waals surface area contributed by atoms with Gasteiger partial charge in [-0.15, -0.1) is 23.5 Å². The molecule has 190 valence electrons. The fourth-order valence-electron chi connectivity index (χ4n) is 3.81. The summed E-state index contributed by atoms with van der Waals surface area (Å²) in [6.07, 6.45) is 7.36. The van der Waals surface area contributed by atoms with E-state index in [0.717, 1.165) is 79.7 Å². The first-order valence-electron chi connectivity index (χ1n) is 12.7. The molecule has 0 atom stereocenters. The summed E-state index contributed by atoms with van der Waals surface area (Å²) in [6, 6.07) is 22.1. The average Bonchev–Trinajstić information content (AvgIpc) is 2.99. The zero-order valence-electron chi connectivity index (χ0n) is 21.4. The van der Waals surface area contributed by atoms with Crippen LogP contribution in [0.1, 0.15) is 26.7 Å². The Balaban J connectivity index is 1.57. The van der Waals surface area contributed by atoms with Gasteiger partial charge in [0.1, 0.15) is 6.33 Å². The van der Waals surface area contributed by atoms with Crippen LogP contribution in [-0.4, -0.2) is 41.4 Å². The molecule has 5 aromatic heterocycles. The summed E-state index contributed by atoms with van der Waals surface area (Å²) in [6.45, 7) is 4.37. The Morgan fingerprint density at radius 1 is 0.500 bits per heavy atom. The molecule has 0 saturated heterocycles. The summed E-state index contributed by atoms with van der Waals surface area (Å²) in [7, 11) is 0. The number of rotatable bonds is 10. The maximum Gasteiger partial charge on any atom is 0.116 e. The molecule has 0 N–H and O–H groups in total. The van der Waals surface area contributed by atoms with E-state index < -0.39 is 0 Å². The second kappa shape index (κ2) is 12.8. The van der Waals surface area contributed by atoms with Gasteiger partial charge >= 0.3 is 0 Å². The van der Waals surface area contributed by atoms with Crippen LogP contribution >= 0.6 is 23.5 Å². The van der Waals surface area contributed by atoms with Gasteiger partial charge in [0.25, 0.3) is 0 Å². The van der Waals surface area contributed by atoms with Gasteiger partial charge in [-0.25, -0.2) is 19.9 Å². The van der Waals surface area contributed by atoms with Crippen molar-refractivity contribution in [2.24, 2.45) is 0 Å². The summed E-state index contributed by atoms with van der Waals surface area (Å²) >= 11 is 3.63. The topological polar surface area (TPSA) is 77.3 Å². The van der Waals surface area contributed by atoms with Crippen molar-refractivity contribution in [1.82, 2.24) is 29.9 Å². The van der Waals surface area contributed by atoms with Gasteiger partial charge in [-0.05, 0) is 78.9 Å². The molecule has 5 rings (SSSR count). The fourth-order valence-corrected chi connectivity index (χ4v) is 5.47. The van der Waals surface area contributed by atoms with Crippen LogP contribution in [-0.2, 0) is 0 Å².